The zero-order valence-electron chi connectivity index (χ0n) is 13.8. The first-order valence-corrected chi connectivity index (χ1v) is 8.65. The summed E-state index contributed by atoms with van der Waals surface area (Å²) in [6.45, 7) is 2.70. The van der Waals surface area contributed by atoms with Crippen LogP contribution in [0.3, 0.4) is 0 Å². The van der Waals surface area contributed by atoms with Crippen molar-refractivity contribution in [1.29, 1.82) is 0 Å². The van der Waals surface area contributed by atoms with Gasteiger partial charge in [0.15, 0.2) is 11.5 Å². The molecule has 3 N–H and O–H groups in total. The number of halogens is 2. The number of carbonyl (C=O) groups is 2. The van der Waals surface area contributed by atoms with Crippen molar-refractivity contribution in [3.63, 3.8) is 0 Å². The van der Waals surface area contributed by atoms with Crippen LogP contribution >= 0.6 is 23.2 Å². The van der Waals surface area contributed by atoms with E-state index in [9.17, 15) is 14.7 Å². The van der Waals surface area contributed by atoms with E-state index in [1.807, 2.05) is 0 Å². The van der Waals surface area contributed by atoms with Gasteiger partial charge < -0.3 is 20.4 Å². The van der Waals surface area contributed by atoms with Gasteiger partial charge in [-0.3, -0.25) is 9.59 Å². The Hall–Kier alpha value is -1.60. The van der Waals surface area contributed by atoms with E-state index in [1.54, 1.807) is 12.1 Å². The third kappa shape index (κ3) is 4.33. The molecule has 0 aliphatic carbocycles. The molecule has 1 heterocycles. The predicted octanol–water partition coefficient (Wildman–Crippen LogP) is 2.25. The van der Waals surface area contributed by atoms with Gasteiger partial charge >= 0.3 is 0 Å². The molecule has 1 aliphatic rings. The molecule has 0 saturated heterocycles. The summed E-state index contributed by atoms with van der Waals surface area (Å²) >= 11 is 12.2. The summed E-state index contributed by atoms with van der Waals surface area (Å²) in [6.07, 6.45) is 0.589. The number of hydrogen-bond donors (Lipinski definition) is 3. The Kier molecular flexibility index (Phi) is 6.84. The number of amides is 1. The molecule has 1 aliphatic heterocycles. The highest BCUT2D eigenvalue weighted by Gasteiger charge is 2.42. The van der Waals surface area contributed by atoms with Gasteiger partial charge in [0.05, 0.1) is 18.2 Å². The minimum atomic E-state index is -0.743. The van der Waals surface area contributed by atoms with Crippen LogP contribution in [0, 0.1) is 0 Å². The van der Waals surface area contributed by atoms with E-state index in [4.69, 9.17) is 28.3 Å². The maximum absolute atomic E-state index is 12.4. The first-order chi connectivity index (χ1) is 11.9. The van der Waals surface area contributed by atoms with Crippen molar-refractivity contribution < 1.29 is 19.8 Å². The highest BCUT2D eigenvalue weighted by Crippen LogP contribution is 2.41. The van der Waals surface area contributed by atoms with Crippen LogP contribution in [0.1, 0.15) is 24.9 Å². The molecule has 2 rings (SSSR count). The monoisotopic (exact) mass is 386 g/mol. The molecule has 0 spiro atoms. The van der Waals surface area contributed by atoms with Gasteiger partial charge in [0, 0.05) is 23.1 Å². The van der Waals surface area contributed by atoms with E-state index in [1.165, 1.54) is 17.9 Å². The lowest BCUT2D eigenvalue weighted by Crippen LogP contribution is -2.34. The molecule has 1 unspecified atom stereocenters. The molecule has 8 heteroatoms. The second kappa shape index (κ2) is 8.67. The highest BCUT2D eigenvalue weighted by atomic mass is 35.5. The fourth-order valence-corrected chi connectivity index (χ4v) is 3.38. The van der Waals surface area contributed by atoms with Gasteiger partial charge in [0.1, 0.15) is 0 Å². The van der Waals surface area contributed by atoms with Gasteiger partial charge in [0.25, 0.3) is 5.91 Å². The molecular weight excluding hydrogens is 367 g/mol. The Bertz CT molecular complexity index is 706. The summed E-state index contributed by atoms with van der Waals surface area (Å²) in [6, 6.07) is 4.08. The summed E-state index contributed by atoms with van der Waals surface area (Å²) < 4.78 is 0. The maximum Gasteiger partial charge on any atom is 0.290 e. The first kappa shape index (κ1) is 19.7. The van der Waals surface area contributed by atoms with Gasteiger partial charge in [-0.1, -0.05) is 29.3 Å². The summed E-state index contributed by atoms with van der Waals surface area (Å²) in [4.78, 5) is 25.9. The lowest BCUT2D eigenvalue weighted by Gasteiger charge is -2.27. The van der Waals surface area contributed by atoms with Crippen molar-refractivity contribution in [2.45, 2.75) is 19.4 Å². The molecule has 1 atom stereocenters. The van der Waals surface area contributed by atoms with Crippen LogP contribution in [0.4, 0.5) is 0 Å². The Morgan fingerprint density at radius 2 is 2.04 bits per heavy atom. The lowest BCUT2D eigenvalue weighted by molar-refractivity contribution is -0.129. The highest BCUT2D eigenvalue weighted by molar-refractivity contribution is 6.35. The SMILES string of the molecule is CC(=O)C1=C(O)C(=O)N(CCCNCCO)C1c1ccc(Cl)cc1Cl. The first-order valence-electron chi connectivity index (χ1n) is 7.90. The number of Topliss-reactive ketones (excluding diaryl/α,β-unsaturated/α-hetero) is 1. The van der Waals surface area contributed by atoms with Crippen molar-refractivity contribution in [1.82, 2.24) is 10.2 Å². The normalized spacial score (nSPS) is 17.5. The van der Waals surface area contributed by atoms with E-state index in [0.29, 0.717) is 41.7 Å². The number of benzene rings is 1. The van der Waals surface area contributed by atoms with Gasteiger partial charge in [-0.05, 0) is 37.6 Å². The average Bonchev–Trinajstić information content (AvgIpc) is 2.79. The summed E-state index contributed by atoms with van der Waals surface area (Å²) in [5, 5.41) is 22.7. The van der Waals surface area contributed by atoms with Gasteiger partial charge in [0.2, 0.25) is 0 Å². The quantitative estimate of drug-likeness (QED) is 0.596. The maximum atomic E-state index is 12.4. The topological polar surface area (TPSA) is 89.9 Å². The van der Waals surface area contributed by atoms with Crippen molar-refractivity contribution >= 4 is 34.9 Å². The molecule has 1 amide bonds. The number of hydrogen-bond acceptors (Lipinski definition) is 5. The fraction of sp³-hybridized carbons (Fsp3) is 0.412. The van der Waals surface area contributed by atoms with Crippen molar-refractivity contribution in [3.8, 4) is 0 Å². The number of aliphatic hydroxyl groups excluding tert-OH is 2. The van der Waals surface area contributed by atoms with E-state index < -0.39 is 17.7 Å². The molecule has 6 nitrogen and oxygen atoms in total. The summed E-state index contributed by atoms with van der Waals surface area (Å²) in [5.74, 6) is -1.52. The number of nitrogens with zero attached hydrogens (tertiary/aromatic N) is 1. The Balaban J connectivity index is 2.31. The molecule has 0 aromatic heterocycles. The minimum absolute atomic E-state index is 0.0302. The van der Waals surface area contributed by atoms with Crippen LogP contribution in [-0.4, -0.2) is 53.0 Å². The zero-order valence-corrected chi connectivity index (χ0v) is 15.3. The van der Waals surface area contributed by atoms with Crippen LogP contribution in [-0.2, 0) is 9.59 Å². The lowest BCUT2D eigenvalue weighted by atomic mass is 9.96. The number of rotatable bonds is 8. The third-order valence-electron chi connectivity index (χ3n) is 3.98. The number of nitrogens with one attached hydrogen (secondary N) is 1. The molecule has 136 valence electrons. The third-order valence-corrected chi connectivity index (χ3v) is 4.54. The van der Waals surface area contributed by atoms with Gasteiger partial charge in [-0.2, -0.15) is 0 Å². The zero-order chi connectivity index (χ0) is 18.6. The fourth-order valence-electron chi connectivity index (χ4n) is 2.87. The van der Waals surface area contributed by atoms with Crippen molar-refractivity contribution in [2.75, 3.05) is 26.2 Å². The molecule has 1 aromatic carbocycles. The largest absolute Gasteiger partial charge is 0.503 e. The van der Waals surface area contributed by atoms with Crippen LogP contribution in [0.25, 0.3) is 0 Å². The van der Waals surface area contributed by atoms with Gasteiger partial charge in [-0.15, -0.1) is 0 Å². The standard InChI is InChI=1S/C17H20Cl2N2O4/c1-10(23)14-15(12-4-3-11(18)9-13(12)19)21(17(25)16(14)24)7-2-5-20-6-8-22/h3-4,9,15,20,22,24H,2,5-8H2,1H3. The van der Waals surface area contributed by atoms with Crippen molar-refractivity contribution in [2.24, 2.45) is 0 Å². The molecule has 1 aromatic rings. The average molecular weight is 387 g/mol. The van der Waals surface area contributed by atoms with Gasteiger partial charge in [-0.25, -0.2) is 0 Å². The smallest absolute Gasteiger partial charge is 0.290 e. The van der Waals surface area contributed by atoms with E-state index >= 15 is 0 Å². The Morgan fingerprint density at radius 3 is 2.64 bits per heavy atom. The second-order valence-corrected chi connectivity index (χ2v) is 6.56. The molecule has 0 radical (unpaired) electrons. The number of aliphatic hydroxyl groups is 2. The molecule has 0 fully saturated rings. The summed E-state index contributed by atoms with van der Waals surface area (Å²) in [5.41, 5.74) is 0.578. The molecule has 25 heavy (non-hydrogen) atoms. The Labute approximate surface area is 156 Å². The van der Waals surface area contributed by atoms with Crippen LogP contribution in [0.5, 0.6) is 0 Å². The number of carbonyl (C=O) groups excluding carboxylic acids is 2. The molecule has 0 saturated carbocycles. The van der Waals surface area contributed by atoms with E-state index in [2.05, 4.69) is 5.32 Å². The van der Waals surface area contributed by atoms with Crippen LogP contribution in [0.2, 0.25) is 10.0 Å². The summed E-state index contributed by atoms with van der Waals surface area (Å²) in [7, 11) is 0. The molecule has 0 bridgehead atoms. The predicted molar refractivity (Wildman–Crippen MR) is 95.8 cm³/mol. The Morgan fingerprint density at radius 1 is 1.32 bits per heavy atom. The van der Waals surface area contributed by atoms with Crippen LogP contribution < -0.4 is 5.32 Å². The second-order valence-electron chi connectivity index (χ2n) is 5.71. The van der Waals surface area contributed by atoms with E-state index in [-0.39, 0.29) is 18.0 Å². The van der Waals surface area contributed by atoms with Crippen LogP contribution in [0.15, 0.2) is 29.5 Å². The number of ketones is 1. The van der Waals surface area contributed by atoms with E-state index in [0.717, 1.165) is 0 Å². The minimum Gasteiger partial charge on any atom is -0.503 e. The molecular formula is C17H20Cl2N2O4. The van der Waals surface area contributed by atoms with Crippen molar-refractivity contribution in [3.05, 3.63) is 45.1 Å².